The molecule has 1 saturated heterocycles. The number of alkyl carbamates (subject to hydrolysis) is 1. The van der Waals surface area contributed by atoms with E-state index in [1.165, 1.54) is 5.56 Å². The second-order valence-corrected chi connectivity index (χ2v) is 4.29. The van der Waals surface area contributed by atoms with Crippen LogP contribution < -0.4 is 5.32 Å². The molecule has 3 nitrogen and oxygen atoms in total. The smallest absolute Gasteiger partial charge is 0.407 e. The van der Waals surface area contributed by atoms with Crippen LogP contribution in [-0.4, -0.2) is 12.7 Å². The van der Waals surface area contributed by atoms with Crippen LogP contribution in [0.1, 0.15) is 11.6 Å². The number of carbonyl (C=O) groups is 1. The topological polar surface area (TPSA) is 38.3 Å². The van der Waals surface area contributed by atoms with Crippen molar-refractivity contribution < 1.29 is 9.53 Å². The number of cyclic esters (lactones) is 1. The number of halogens is 1. The van der Waals surface area contributed by atoms with E-state index in [4.69, 9.17) is 4.74 Å². The van der Waals surface area contributed by atoms with Crippen molar-refractivity contribution >= 4 is 18.5 Å². The summed E-state index contributed by atoms with van der Waals surface area (Å²) < 4.78 is 4.92. The summed E-state index contributed by atoms with van der Waals surface area (Å²) in [5.74, 6) is 0. The highest BCUT2D eigenvalue weighted by atomic mass is 35.5. The van der Waals surface area contributed by atoms with E-state index < -0.39 is 0 Å². The second-order valence-electron chi connectivity index (χ2n) is 4.29. The van der Waals surface area contributed by atoms with Crippen molar-refractivity contribution in [2.75, 3.05) is 6.61 Å². The van der Waals surface area contributed by atoms with Gasteiger partial charge in [0.25, 0.3) is 0 Å². The normalized spacial score (nSPS) is 17.3. The van der Waals surface area contributed by atoms with E-state index >= 15 is 0 Å². The molecule has 0 aliphatic carbocycles. The SMILES string of the molecule is Cl.O=C1N[C@H](c2cccc(-c3ccccc3)c2)CO1. The van der Waals surface area contributed by atoms with Crippen molar-refractivity contribution in [3.8, 4) is 11.1 Å². The Kier molecular flexibility index (Phi) is 4.07. The lowest BCUT2D eigenvalue weighted by Crippen LogP contribution is -2.18. The number of hydrogen-bond acceptors (Lipinski definition) is 2. The second kappa shape index (κ2) is 5.76. The molecule has 0 aromatic heterocycles. The van der Waals surface area contributed by atoms with Crippen molar-refractivity contribution in [2.24, 2.45) is 0 Å². The van der Waals surface area contributed by atoms with Crippen LogP contribution in [0.2, 0.25) is 0 Å². The highest BCUT2D eigenvalue weighted by Gasteiger charge is 2.23. The number of amides is 1. The van der Waals surface area contributed by atoms with E-state index in [1.807, 2.05) is 30.3 Å². The predicted molar refractivity (Wildman–Crippen MR) is 76.4 cm³/mol. The lowest BCUT2D eigenvalue weighted by molar-refractivity contribution is 0.177. The number of hydrogen-bond donors (Lipinski definition) is 1. The molecule has 19 heavy (non-hydrogen) atoms. The van der Waals surface area contributed by atoms with Gasteiger partial charge >= 0.3 is 6.09 Å². The zero-order chi connectivity index (χ0) is 12.4. The van der Waals surface area contributed by atoms with Crippen LogP contribution in [0, 0.1) is 0 Å². The highest BCUT2D eigenvalue weighted by molar-refractivity contribution is 5.85. The Morgan fingerprint density at radius 3 is 2.42 bits per heavy atom. The van der Waals surface area contributed by atoms with Crippen LogP contribution in [0.4, 0.5) is 4.79 Å². The Morgan fingerprint density at radius 1 is 1.00 bits per heavy atom. The number of carbonyl (C=O) groups excluding carboxylic acids is 1. The molecule has 1 aliphatic heterocycles. The van der Waals surface area contributed by atoms with Gasteiger partial charge in [0.05, 0.1) is 6.04 Å². The first-order valence-corrected chi connectivity index (χ1v) is 5.91. The average Bonchev–Trinajstić information content (AvgIpc) is 2.87. The van der Waals surface area contributed by atoms with Crippen molar-refractivity contribution in [3.63, 3.8) is 0 Å². The Labute approximate surface area is 118 Å². The Morgan fingerprint density at radius 2 is 1.74 bits per heavy atom. The average molecular weight is 276 g/mol. The molecule has 1 fully saturated rings. The molecule has 0 radical (unpaired) electrons. The standard InChI is InChI=1S/C15H13NO2.ClH/c17-15-16-14(10-18-15)13-8-4-7-12(9-13)11-5-2-1-3-6-11;/h1-9,14H,10H2,(H,16,17);1H/t14-;/m0./s1. The summed E-state index contributed by atoms with van der Waals surface area (Å²) in [6.07, 6.45) is -0.342. The molecule has 4 heteroatoms. The predicted octanol–water partition coefficient (Wildman–Crippen LogP) is 3.56. The Bertz CT molecular complexity index is 571. The fourth-order valence-electron chi connectivity index (χ4n) is 2.13. The van der Waals surface area contributed by atoms with E-state index in [-0.39, 0.29) is 24.5 Å². The fourth-order valence-corrected chi connectivity index (χ4v) is 2.13. The third kappa shape index (κ3) is 2.88. The summed E-state index contributed by atoms with van der Waals surface area (Å²) in [6.45, 7) is 0.400. The lowest BCUT2D eigenvalue weighted by Gasteiger charge is -2.09. The summed E-state index contributed by atoms with van der Waals surface area (Å²) in [4.78, 5) is 11.0. The van der Waals surface area contributed by atoms with E-state index in [9.17, 15) is 4.79 Å². The summed E-state index contributed by atoms with van der Waals surface area (Å²) >= 11 is 0. The van der Waals surface area contributed by atoms with Crippen LogP contribution in [0.5, 0.6) is 0 Å². The van der Waals surface area contributed by atoms with Crippen molar-refractivity contribution in [3.05, 3.63) is 60.2 Å². The maximum Gasteiger partial charge on any atom is 0.407 e. The molecule has 0 saturated carbocycles. The molecule has 1 amide bonds. The van der Waals surface area contributed by atoms with Crippen molar-refractivity contribution in [1.82, 2.24) is 5.32 Å². The molecular formula is C15H14ClNO2. The number of ether oxygens (including phenoxy) is 1. The molecular weight excluding hydrogens is 262 g/mol. The monoisotopic (exact) mass is 275 g/mol. The van der Waals surface area contributed by atoms with Gasteiger partial charge in [-0.2, -0.15) is 0 Å². The molecule has 98 valence electrons. The first-order chi connectivity index (χ1) is 8.83. The highest BCUT2D eigenvalue weighted by Crippen LogP contribution is 2.24. The van der Waals surface area contributed by atoms with Gasteiger partial charge in [-0.3, -0.25) is 0 Å². The molecule has 1 N–H and O–H groups in total. The van der Waals surface area contributed by atoms with Gasteiger partial charge in [0.15, 0.2) is 0 Å². The van der Waals surface area contributed by atoms with E-state index in [0.29, 0.717) is 6.61 Å². The minimum absolute atomic E-state index is 0. The van der Waals surface area contributed by atoms with Gasteiger partial charge in [0.2, 0.25) is 0 Å². The molecule has 1 heterocycles. The van der Waals surface area contributed by atoms with Gasteiger partial charge in [-0.15, -0.1) is 12.4 Å². The molecule has 3 rings (SSSR count). The number of benzene rings is 2. The third-order valence-electron chi connectivity index (χ3n) is 3.07. The maximum absolute atomic E-state index is 11.0. The van der Waals surface area contributed by atoms with Gasteiger partial charge in [-0.05, 0) is 22.8 Å². The zero-order valence-electron chi connectivity index (χ0n) is 10.2. The fraction of sp³-hybridized carbons (Fsp3) is 0.133. The lowest BCUT2D eigenvalue weighted by atomic mass is 10.00. The van der Waals surface area contributed by atoms with Gasteiger partial charge in [-0.1, -0.05) is 48.5 Å². The van der Waals surface area contributed by atoms with E-state index in [2.05, 4.69) is 29.6 Å². The van der Waals surface area contributed by atoms with Crippen molar-refractivity contribution in [2.45, 2.75) is 6.04 Å². The minimum atomic E-state index is -0.342. The van der Waals surface area contributed by atoms with E-state index in [1.54, 1.807) is 0 Å². The quantitative estimate of drug-likeness (QED) is 0.910. The summed E-state index contributed by atoms with van der Waals surface area (Å²) in [5, 5.41) is 2.79. The van der Waals surface area contributed by atoms with Crippen LogP contribution in [0.25, 0.3) is 11.1 Å². The first kappa shape index (κ1) is 13.4. The Balaban J connectivity index is 0.00000133. The van der Waals surface area contributed by atoms with Crippen LogP contribution in [0.15, 0.2) is 54.6 Å². The molecule has 0 spiro atoms. The van der Waals surface area contributed by atoms with Gasteiger partial charge in [0.1, 0.15) is 6.61 Å². The summed E-state index contributed by atoms with van der Waals surface area (Å²) in [7, 11) is 0. The number of rotatable bonds is 2. The molecule has 0 unspecified atom stereocenters. The van der Waals surface area contributed by atoms with Crippen LogP contribution >= 0.6 is 12.4 Å². The molecule has 0 bridgehead atoms. The molecule has 1 aliphatic rings. The molecule has 1 atom stereocenters. The first-order valence-electron chi connectivity index (χ1n) is 5.91. The van der Waals surface area contributed by atoms with Gasteiger partial charge in [-0.25, -0.2) is 4.79 Å². The summed E-state index contributed by atoms with van der Waals surface area (Å²) in [5.41, 5.74) is 3.39. The van der Waals surface area contributed by atoms with Gasteiger partial charge < -0.3 is 10.1 Å². The summed E-state index contributed by atoms with van der Waals surface area (Å²) in [6, 6.07) is 18.3. The van der Waals surface area contributed by atoms with Crippen LogP contribution in [-0.2, 0) is 4.74 Å². The molecule has 2 aromatic rings. The molecule has 2 aromatic carbocycles. The van der Waals surface area contributed by atoms with Gasteiger partial charge in [0, 0.05) is 0 Å². The largest absolute Gasteiger partial charge is 0.447 e. The number of nitrogens with one attached hydrogen (secondary N) is 1. The zero-order valence-corrected chi connectivity index (χ0v) is 11.0. The third-order valence-corrected chi connectivity index (χ3v) is 3.07. The Hall–Kier alpha value is -2.00. The van der Waals surface area contributed by atoms with Crippen LogP contribution in [0.3, 0.4) is 0 Å². The minimum Gasteiger partial charge on any atom is -0.447 e. The maximum atomic E-state index is 11.0. The van der Waals surface area contributed by atoms with Crippen molar-refractivity contribution in [1.29, 1.82) is 0 Å². The van der Waals surface area contributed by atoms with E-state index in [0.717, 1.165) is 11.1 Å².